The molecule has 0 spiro atoms. The van der Waals surface area contributed by atoms with Crippen LogP contribution in [0.3, 0.4) is 0 Å². The van der Waals surface area contributed by atoms with Crippen LogP contribution >= 0.6 is 0 Å². The van der Waals surface area contributed by atoms with Crippen molar-refractivity contribution < 1.29 is 9.53 Å². The highest BCUT2D eigenvalue weighted by Crippen LogP contribution is 2.12. The van der Waals surface area contributed by atoms with E-state index in [-0.39, 0.29) is 12.0 Å². The van der Waals surface area contributed by atoms with Gasteiger partial charge in [0.05, 0.1) is 19.2 Å². The summed E-state index contributed by atoms with van der Waals surface area (Å²) in [4.78, 5) is 13.5. The molecule has 4 nitrogen and oxygen atoms in total. The second kappa shape index (κ2) is 9.73. The van der Waals surface area contributed by atoms with E-state index in [1.165, 1.54) is 6.08 Å². The molecule has 0 heterocycles. The summed E-state index contributed by atoms with van der Waals surface area (Å²) in [6, 6.07) is 12.2. The van der Waals surface area contributed by atoms with Crippen molar-refractivity contribution >= 4 is 5.97 Å². The van der Waals surface area contributed by atoms with Crippen LogP contribution in [-0.2, 0) is 16.1 Å². The molecule has 1 atom stereocenters. The van der Waals surface area contributed by atoms with Gasteiger partial charge in [-0.3, -0.25) is 4.90 Å². The van der Waals surface area contributed by atoms with Gasteiger partial charge in [-0.1, -0.05) is 43.3 Å². The predicted octanol–water partition coefficient (Wildman–Crippen LogP) is 2.91. The van der Waals surface area contributed by atoms with Gasteiger partial charge in [-0.15, -0.1) is 0 Å². The number of carbonyl (C=O) groups is 1. The van der Waals surface area contributed by atoms with Gasteiger partial charge in [0.15, 0.2) is 0 Å². The Labute approximate surface area is 126 Å². The second-order valence-electron chi connectivity index (χ2n) is 4.64. The van der Waals surface area contributed by atoms with Crippen LogP contribution in [0.25, 0.3) is 0 Å². The fourth-order valence-electron chi connectivity index (χ4n) is 2.10. The van der Waals surface area contributed by atoms with Gasteiger partial charge >= 0.3 is 5.97 Å². The van der Waals surface area contributed by atoms with Crippen molar-refractivity contribution in [2.75, 3.05) is 13.2 Å². The minimum Gasteiger partial charge on any atom is -0.463 e. The first-order chi connectivity index (χ1) is 10.2. The van der Waals surface area contributed by atoms with Gasteiger partial charge in [0.1, 0.15) is 0 Å². The Morgan fingerprint density at radius 1 is 1.38 bits per heavy atom. The first-order valence-corrected chi connectivity index (χ1v) is 7.21. The molecule has 0 unspecified atom stereocenters. The number of nitrogens with zero attached hydrogens (tertiary/aromatic N) is 2. The van der Waals surface area contributed by atoms with Gasteiger partial charge < -0.3 is 4.74 Å². The maximum absolute atomic E-state index is 11.4. The van der Waals surface area contributed by atoms with E-state index < -0.39 is 0 Å². The van der Waals surface area contributed by atoms with Crippen molar-refractivity contribution in [1.82, 2.24) is 4.90 Å². The van der Waals surface area contributed by atoms with Gasteiger partial charge in [-0.05, 0) is 18.9 Å². The van der Waals surface area contributed by atoms with Crippen LogP contribution in [-0.4, -0.2) is 30.1 Å². The molecule has 21 heavy (non-hydrogen) atoms. The van der Waals surface area contributed by atoms with E-state index in [0.29, 0.717) is 19.7 Å². The van der Waals surface area contributed by atoms with Crippen molar-refractivity contribution in [3.05, 3.63) is 48.0 Å². The molecule has 0 aromatic heterocycles. The van der Waals surface area contributed by atoms with Crippen molar-refractivity contribution in [2.24, 2.45) is 0 Å². The number of carbonyl (C=O) groups excluding carboxylic acids is 1. The minimum absolute atomic E-state index is 0.0364. The van der Waals surface area contributed by atoms with Gasteiger partial charge in [0.25, 0.3) is 0 Å². The molecule has 1 rings (SSSR count). The van der Waals surface area contributed by atoms with Gasteiger partial charge in [0.2, 0.25) is 0 Å². The molecule has 0 fully saturated rings. The van der Waals surface area contributed by atoms with Crippen LogP contribution in [0.5, 0.6) is 0 Å². The SMILES string of the molecule is CCOC(=O)/C=C/[C@H](CC)N(CC#N)Cc1ccccc1. The third-order valence-corrected chi connectivity index (χ3v) is 3.13. The van der Waals surface area contributed by atoms with E-state index in [4.69, 9.17) is 10.00 Å². The van der Waals surface area contributed by atoms with E-state index in [1.807, 2.05) is 48.2 Å². The quantitative estimate of drug-likeness (QED) is 0.419. The van der Waals surface area contributed by atoms with E-state index in [0.717, 1.165) is 12.0 Å². The summed E-state index contributed by atoms with van der Waals surface area (Å²) in [7, 11) is 0. The molecule has 0 amide bonds. The zero-order chi connectivity index (χ0) is 15.5. The maximum atomic E-state index is 11.4. The van der Waals surface area contributed by atoms with Crippen molar-refractivity contribution in [1.29, 1.82) is 5.26 Å². The summed E-state index contributed by atoms with van der Waals surface area (Å²) in [5.41, 5.74) is 1.15. The van der Waals surface area contributed by atoms with Crippen LogP contribution in [0, 0.1) is 11.3 Å². The van der Waals surface area contributed by atoms with E-state index in [1.54, 1.807) is 6.92 Å². The standard InChI is InChI=1S/C17H22N2O2/c1-3-16(10-11-17(20)21-4-2)19(13-12-18)14-15-8-6-5-7-9-15/h5-11,16H,3-4,13-14H2,1-2H3/b11-10+/t16-/m0/s1. The van der Waals surface area contributed by atoms with E-state index in [2.05, 4.69) is 6.07 Å². The third kappa shape index (κ3) is 6.24. The second-order valence-corrected chi connectivity index (χ2v) is 4.64. The lowest BCUT2D eigenvalue weighted by Gasteiger charge is -2.26. The van der Waals surface area contributed by atoms with Gasteiger partial charge in [-0.25, -0.2) is 4.79 Å². The lowest BCUT2D eigenvalue weighted by molar-refractivity contribution is -0.137. The van der Waals surface area contributed by atoms with E-state index in [9.17, 15) is 4.79 Å². The Morgan fingerprint density at radius 2 is 2.10 bits per heavy atom. The summed E-state index contributed by atoms with van der Waals surface area (Å²) in [5, 5.41) is 9.01. The fourth-order valence-corrected chi connectivity index (χ4v) is 2.10. The van der Waals surface area contributed by atoms with Crippen molar-refractivity contribution in [2.45, 2.75) is 32.9 Å². The summed E-state index contributed by atoms with van der Waals surface area (Å²) < 4.78 is 4.89. The predicted molar refractivity (Wildman–Crippen MR) is 82.3 cm³/mol. The number of hydrogen-bond acceptors (Lipinski definition) is 4. The lowest BCUT2D eigenvalue weighted by atomic mass is 10.1. The average Bonchev–Trinajstić information content (AvgIpc) is 2.49. The number of benzene rings is 1. The molecule has 0 aliphatic rings. The zero-order valence-corrected chi connectivity index (χ0v) is 12.7. The largest absolute Gasteiger partial charge is 0.463 e. The van der Waals surface area contributed by atoms with E-state index >= 15 is 0 Å². The molecule has 0 saturated carbocycles. The van der Waals surface area contributed by atoms with Crippen LogP contribution in [0.1, 0.15) is 25.8 Å². The number of esters is 1. The summed E-state index contributed by atoms with van der Waals surface area (Å²) in [6.07, 6.45) is 4.09. The van der Waals surface area contributed by atoms with Crippen LogP contribution < -0.4 is 0 Å². The number of nitriles is 1. The first kappa shape index (κ1) is 16.9. The Kier molecular flexibility index (Phi) is 7.85. The summed E-state index contributed by atoms with van der Waals surface area (Å²) in [6.45, 7) is 5.18. The van der Waals surface area contributed by atoms with Crippen molar-refractivity contribution in [3.8, 4) is 6.07 Å². The molecular formula is C17H22N2O2. The Morgan fingerprint density at radius 3 is 2.67 bits per heavy atom. The van der Waals surface area contributed by atoms with Crippen molar-refractivity contribution in [3.63, 3.8) is 0 Å². The molecule has 0 bridgehead atoms. The molecule has 0 aliphatic carbocycles. The molecule has 4 heteroatoms. The molecule has 1 aromatic carbocycles. The average molecular weight is 286 g/mol. The summed E-state index contributed by atoms with van der Waals surface area (Å²) in [5.74, 6) is -0.340. The smallest absolute Gasteiger partial charge is 0.330 e. The highest BCUT2D eigenvalue weighted by molar-refractivity contribution is 5.81. The minimum atomic E-state index is -0.340. The Hall–Kier alpha value is -2.12. The monoisotopic (exact) mass is 286 g/mol. The molecule has 1 aromatic rings. The molecule has 0 aliphatic heterocycles. The molecular weight excluding hydrogens is 264 g/mol. The number of rotatable bonds is 8. The molecule has 112 valence electrons. The van der Waals surface area contributed by atoms with Gasteiger partial charge in [0, 0.05) is 18.7 Å². The number of ether oxygens (including phenoxy) is 1. The number of hydrogen-bond donors (Lipinski definition) is 0. The Bertz CT molecular complexity index is 491. The molecule has 0 radical (unpaired) electrons. The van der Waals surface area contributed by atoms with Crippen LogP contribution in [0.2, 0.25) is 0 Å². The highest BCUT2D eigenvalue weighted by Gasteiger charge is 2.14. The maximum Gasteiger partial charge on any atom is 0.330 e. The highest BCUT2D eigenvalue weighted by atomic mass is 16.5. The topological polar surface area (TPSA) is 53.3 Å². The first-order valence-electron chi connectivity index (χ1n) is 7.21. The fraction of sp³-hybridized carbons (Fsp3) is 0.412. The molecule has 0 saturated heterocycles. The molecule has 0 N–H and O–H groups in total. The summed E-state index contributed by atoms with van der Waals surface area (Å²) >= 11 is 0. The van der Waals surface area contributed by atoms with Crippen LogP contribution in [0.4, 0.5) is 0 Å². The lowest BCUT2D eigenvalue weighted by Crippen LogP contribution is -2.33. The Balaban J connectivity index is 2.76. The third-order valence-electron chi connectivity index (χ3n) is 3.13. The normalized spacial score (nSPS) is 12.3. The van der Waals surface area contributed by atoms with Gasteiger partial charge in [-0.2, -0.15) is 5.26 Å². The van der Waals surface area contributed by atoms with Crippen LogP contribution in [0.15, 0.2) is 42.5 Å². The zero-order valence-electron chi connectivity index (χ0n) is 12.7.